The fourth-order valence-corrected chi connectivity index (χ4v) is 3.82. The van der Waals surface area contributed by atoms with Crippen molar-refractivity contribution < 1.29 is 4.79 Å². The number of aromatic nitrogens is 3. The molecule has 118 valence electrons. The third-order valence-electron chi connectivity index (χ3n) is 3.07. The van der Waals surface area contributed by atoms with Crippen LogP contribution in [0.5, 0.6) is 0 Å². The van der Waals surface area contributed by atoms with Crippen molar-refractivity contribution in [3.05, 3.63) is 40.7 Å². The monoisotopic (exact) mass is 344 g/mol. The molecule has 0 spiro atoms. The van der Waals surface area contributed by atoms with Crippen LogP contribution >= 0.6 is 23.1 Å². The lowest BCUT2D eigenvalue weighted by Crippen LogP contribution is -2.14. The molecule has 1 amide bonds. The van der Waals surface area contributed by atoms with Gasteiger partial charge in [0, 0.05) is 17.1 Å². The smallest absolute Gasteiger partial charge is 0.234 e. The van der Waals surface area contributed by atoms with Gasteiger partial charge < -0.3 is 5.32 Å². The number of hydrogen-bond donors (Lipinski definition) is 1. The van der Waals surface area contributed by atoms with Crippen LogP contribution in [-0.4, -0.2) is 26.6 Å². The van der Waals surface area contributed by atoms with Crippen LogP contribution in [-0.2, 0) is 4.79 Å². The van der Waals surface area contributed by atoms with Gasteiger partial charge in [-0.1, -0.05) is 11.8 Å². The average Bonchev–Trinajstić information content (AvgIpc) is 2.83. The molecule has 7 heteroatoms. The molecule has 0 aliphatic carbocycles. The summed E-state index contributed by atoms with van der Waals surface area (Å²) in [5, 5.41) is 4.56. The predicted octanol–water partition coefficient (Wildman–Crippen LogP) is 3.74. The average molecular weight is 344 g/mol. The third kappa shape index (κ3) is 4.05. The van der Waals surface area contributed by atoms with Crippen LogP contribution in [0.1, 0.15) is 16.4 Å². The molecule has 0 atom stereocenters. The molecule has 0 aliphatic rings. The van der Waals surface area contributed by atoms with Gasteiger partial charge in [0.15, 0.2) is 5.16 Å². The van der Waals surface area contributed by atoms with E-state index in [-0.39, 0.29) is 11.7 Å². The van der Waals surface area contributed by atoms with Gasteiger partial charge in [-0.05, 0) is 45.0 Å². The molecule has 3 aromatic rings. The molecule has 3 rings (SSSR count). The first-order valence-corrected chi connectivity index (χ1v) is 8.92. The highest BCUT2D eigenvalue weighted by Gasteiger charge is 2.08. The fourth-order valence-electron chi connectivity index (χ4n) is 2.20. The Balaban J connectivity index is 1.63. The first-order chi connectivity index (χ1) is 11.0. The summed E-state index contributed by atoms with van der Waals surface area (Å²) in [6.45, 7) is 5.82. The Morgan fingerprint density at radius 1 is 1.13 bits per heavy atom. The number of nitrogens with zero attached hydrogens (tertiary/aromatic N) is 3. The van der Waals surface area contributed by atoms with E-state index in [1.165, 1.54) is 11.8 Å². The number of thioether (sulfide) groups is 1. The minimum atomic E-state index is -0.0710. The Labute approximate surface area is 142 Å². The van der Waals surface area contributed by atoms with Gasteiger partial charge >= 0.3 is 0 Å². The third-order valence-corrected chi connectivity index (χ3v) is 4.85. The standard InChI is InChI=1S/C16H16N4OS2/c1-9-6-10(2)18-16(17-9)22-8-15(21)20-12-4-5-13-14(7-12)23-11(3)19-13/h4-7H,8H2,1-3H3,(H,20,21). The number of hydrogen-bond acceptors (Lipinski definition) is 6. The van der Waals surface area contributed by atoms with Gasteiger partial charge in [0.25, 0.3) is 0 Å². The Hall–Kier alpha value is -1.99. The van der Waals surface area contributed by atoms with Gasteiger partial charge in [-0.25, -0.2) is 15.0 Å². The zero-order valence-corrected chi connectivity index (χ0v) is 14.7. The van der Waals surface area contributed by atoms with Crippen LogP contribution in [0.25, 0.3) is 10.2 Å². The second-order valence-electron chi connectivity index (χ2n) is 5.19. The van der Waals surface area contributed by atoms with E-state index in [0.29, 0.717) is 5.16 Å². The molecule has 0 bridgehead atoms. The number of carbonyl (C=O) groups excluding carboxylic acids is 1. The lowest BCUT2D eigenvalue weighted by atomic mass is 10.3. The summed E-state index contributed by atoms with van der Waals surface area (Å²) in [6, 6.07) is 7.66. The quantitative estimate of drug-likeness (QED) is 0.577. The number of aryl methyl sites for hydroxylation is 3. The maximum Gasteiger partial charge on any atom is 0.234 e. The molecule has 1 N–H and O–H groups in total. The maximum atomic E-state index is 12.1. The van der Waals surface area contributed by atoms with Crippen molar-refractivity contribution >= 4 is 44.9 Å². The van der Waals surface area contributed by atoms with Crippen molar-refractivity contribution in [3.63, 3.8) is 0 Å². The number of rotatable bonds is 4. The van der Waals surface area contributed by atoms with E-state index in [9.17, 15) is 4.79 Å². The Kier molecular flexibility index (Phi) is 4.58. The van der Waals surface area contributed by atoms with Crippen molar-refractivity contribution in [1.82, 2.24) is 15.0 Å². The largest absolute Gasteiger partial charge is 0.325 e. The summed E-state index contributed by atoms with van der Waals surface area (Å²) in [5.41, 5.74) is 3.56. The molecule has 0 fully saturated rings. The van der Waals surface area contributed by atoms with Gasteiger partial charge in [0.05, 0.1) is 21.0 Å². The maximum absolute atomic E-state index is 12.1. The molecule has 0 saturated carbocycles. The summed E-state index contributed by atoms with van der Waals surface area (Å²) in [5.74, 6) is 0.209. The Morgan fingerprint density at radius 2 is 1.87 bits per heavy atom. The van der Waals surface area contributed by atoms with Gasteiger partial charge in [-0.2, -0.15) is 0 Å². The fraction of sp³-hybridized carbons (Fsp3) is 0.250. The molecule has 5 nitrogen and oxygen atoms in total. The number of thiazole rings is 1. The molecule has 1 aromatic carbocycles. The van der Waals surface area contributed by atoms with Crippen molar-refractivity contribution in [2.45, 2.75) is 25.9 Å². The highest BCUT2D eigenvalue weighted by molar-refractivity contribution is 7.99. The lowest BCUT2D eigenvalue weighted by molar-refractivity contribution is -0.113. The van der Waals surface area contributed by atoms with Crippen LogP contribution in [0.4, 0.5) is 5.69 Å². The molecule has 0 aliphatic heterocycles. The summed E-state index contributed by atoms with van der Waals surface area (Å²) >= 11 is 2.96. The van der Waals surface area contributed by atoms with E-state index in [1.54, 1.807) is 11.3 Å². The molecule has 0 radical (unpaired) electrons. The van der Waals surface area contributed by atoms with Crippen molar-refractivity contribution in [2.24, 2.45) is 0 Å². The van der Waals surface area contributed by atoms with Crippen molar-refractivity contribution in [3.8, 4) is 0 Å². The Morgan fingerprint density at radius 3 is 2.61 bits per heavy atom. The number of amides is 1. The first kappa shape index (κ1) is 15.9. The van der Waals surface area contributed by atoms with Crippen LogP contribution in [0.3, 0.4) is 0 Å². The summed E-state index contributed by atoms with van der Waals surface area (Å²) in [4.78, 5) is 25.2. The number of carbonyl (C=O) groups is 1. The first-order valence-electron chi connectivity index (χ1n) is 7.12. The van der Waals surface area contributed by atoms with Crippen molar-refractivity contribution in [1.29, 1.82) is 0 Å². The van der Waals surface area contributed by atoms with Gasteiger partial charge in [0.1, 0.15) is 0 Å². The topological polar surface area (TPSA) is 67.8 Å². The van der Waals surface area contributed by atoms with E-state index in [1.807, 2.05) is 45.0 Å². The molecule has 0 saturated heterocycles. The zero-order valence-electron chi connectivity index (χ0n) is 13.1. The molecular weight excluding hydrogens is 328 g/mol. The molecule has 0 unspecified atom stereocenters. The zero-order chi connectivity index (χ0) is 16.4. The Bertz CT molecular complexity index is 855. The number of anilines is 1. The van der Waals surface area contributed by atoms with Crippen LogP contribution in [0.2, 0.25) is 0 Å². The molecule has 23 heavy (non-hydrogen) atoms. The van der Waals surface area contributed by atoms with Crippen LogP contribution in [0.15, 0.2) is 29.4 Å². The number of benzene rings is 1. The summed E-state index contributed by atoms with van der Waals surface area (Å²) in [6.07, 6.45) is 0. The highest BCUT2D eigenvalue weighted by Crippen LogP contribution is 2.25. The van der Waals surface area contributed by atoms with E-state index < -0.39 is 0 Å². The minimum absolute atomic E-state index is 0.0710. The van der Waals surface area contributed by atoms with Crippen LogP contribution in [0, 0.1) is 20.8 Å². The van der Waals surface area contributed by atoms with E-state index in [0.717, 1.165) is 32.3 Å². The van der Waals surface area contributed by atoms with E-state index >= 15 is 0 Å². The number of nitrogens with one attached hydrogen (secondary N) is 1. The second kappa shape index (κ2) is 6.64. The molecule has 2 heterocycles. The van der Waals surface area contributed by atoms with Crippen molar-refractivity contribution in [2.75, 3.05) is 11.1 Å². The highest BCUT2D eigenvalue weighted by atomic mass is 32.2. The van der Waals surface area contributed by atoms with E-state index in [4.69, 9.17) is 0 Å². The summed E-state index contributed by atoms with van der Waals surface area (Å²) in [7, 11) is 0. The molecular formula is C16H16N4OS2. The summed E-state index contributed by atoms with van der Waals surface area (Å²) < 4.78 is 1.07. The predicted molar refractivity (Wildman–Crippen MR) is 95.2 cm³/mol. The molecule has 2 aromatic heterocycles. The van der Waals surface area contributed by atoms with E-state index in [2.05, 4.69) is 20.3 Å². The SMILES string of the molecule is Cc1cc(C)nc(SCC(=O)Nc2ccc3nc(C)sc3c2)n1. The minimum Gasteiger partial charge on any atom is -0.325 e. The van der Waals surface area contributed by atoms with Gasteiger partial charge in [-0.15, -0.1) is 11.3 Å². The normalized spacial score (nSPS) is 10.9. The van der Waals surface area contributed by atoms with Gasteiger partial charge in [0.2, 0.25) is 5.91 Å². The second-order valence-corrected chi connectivity index (χ2v) is 7.36. The lowest BCUT2D eigenvalue weighted by Gasteiger charge is -2.05. The van der Waals surface area contributed by atoms with Crippen LogP contribution < -0.4 is 5.32 Å². The number of fused-ring (bicyclic) bond motifs is 1. The van der Waals surface area contributed by atoms with Gasteiger partial charge in [-0.3, -0.25) is 4.79 Å².